The number of aryl methyl sites for hydroxylation is 1. The summed E-state index contributed by atoms with van der Waals surface area (Å²) in [6.07, 6.45) is 2.59. The molecular formula is C17H28N2O. The standard InChI is InChI=1S/C17H28N2O/c1-5-16(18)9-15-6-7-17(12(2)8-15)19-10-13(3)20-14(4)11-19/h6-8,13-14,16H,5,9-11,18H2,1-4H3/t13-,14+,16?. The van der Waals surface area contributed by atoms with Gasteiger partial charge in [0.05, 0.1) is 12.2 Å². The zero-order valence-corrected chi connectivity index (χ0v) is 13.2. The second-order valence-electron chi connectivity index (χ2n) is 6.16. The Bertz CT molecular complexity index is 437. The Labute approximate surface area is 123 Å². The predicted molar refractivity (Wildman–Crippen MR) is 85.4 cm³/mol. The first-order valence-corrected chi connectivity index (χ1v) is 7.75. The van der Waals surface area contributed by atoms with E-state index < -0.39 is 0 Å². The fraction of sp³-hybridized carbons (Fsp3) is 0.647. The summed E-state index contributed by atoms with van der Waals surface area (Å²) in [5, 5.41) is 0. The Morgan fingerprint density at radius 1 is 1.30 bits per heavy atom. The minimum Gasteiger partial charge on any atom is -0.372 e. The third kappa shape index (κ3) is 3.74. The molecule has 1 aliphatic heterocycles. The molecule has 112 valence electrons. The second-order valence-corrected chi connectivity index (χ2v) is 6.16. The lowest BCUT2D eigenvalue weighted by Crippen LogP contribution is -2.45. The Morgan fingerprint density at radius 3 is 2.50 bits per heavy atom. The van der Waals surface area contributed by atoms with E-state index in [4.69, 9.17) is 10.5 Å². The van der Waals surface area contributed by atoms with Crippen molar-refractivity contribution in [2.45, 2.75) is 58.8 Å². The topological polar surface area (TPSA) is 38.5 Å². The molecule has 1 heterocycles. The molecule has 1 aromatic rings. The highest BCUT2D eigenvalue weighted by atomic mass is 16.5. The van der Waals surface area contributed by atoms with Gasteiger partial charge in [0.1, 0.15) is 0 Å². The molecule has 3 heteroatoms. The molecule has 1 saturated heterocycles. The molecule has 0 aliphatic carbocycles. The lowest BCUT2D eigenvalue weighted by molar-refractivity contribution is -0.00524. The SMILES string of the molecule is CCC(N)Cc1ccc(N2C[C@@H](C)O[C@@H](C)C2)c(C)c1. The van der Waals surface area contributed by atoms with Gasteiger partial charge in [0.2, 0.25) is 0 Å². The number of nitrogens with zero attached hydrogens (tertiary/aromatic N) is 1. The van der Waals surface area contributed by atoms with E-state index in [1.165, 1.54) is 16.8 Å². The monoisotopic (exact) mass is 276 g/mol. The van der Waals surface area contributed by atoms with Gasteiger partial charge in [-0.2, -0.15) is 0 Å². The fourth-order valence-electron chi connectivity index (χ4n) is 3.02. The molecule has 0 saturated carbocycles. The number of anilines is 1. The van der Waals surface area contributed by atoms with E-state index in [-0.39, 0.29) is 6.04 Å². The summed E-state index contributed by atoms with van der Waals surface area (Å²) in [6, 6.07) is 7.03. The van der Waals surface area contributed by atoms with Gasteiger partial charge < -0.3 is 15.4 Å². The van der Waals surface area contributed by atoms with Gasteiger partial charge in [0, 0.05) is 24.8 Å². The summed E-state index contributed by atoms with van der Waals surface area (Å²) in [7, 11) is 0. The molecule has 1 unspecified atom stereocenters. The van der Waals surface area contributed by atoms with Crippen LogP contribution in [0.15, 0.2) is 18.2 Å². The van der Waals surface area contributed by atoms with Crippen molar-refractivity contribution < 1.29 is 4.74 Å². The minimum absolute atomic E-state index is 0.267. The molecule has 0 radical (unpaired) electrons. The van der Waals surface area contributed by atoms with E-state index in [0.29, 0.717) is 12.2 Å². The number of hydrogen-bond donors (Lipinski definition) is 1. The number of rotatable bonds is 4. The van der Waals surface area contributed by atoms with Crippen LogP contribution >= 0.6 is 0 Å². The van der Waals surface area contributed by atoms with Crippen LogP contribution in [0.5, 0.6) is 0 Å². The molecule has 1 fully saturated rings. The van der Waals surface area contributed by atoms with Gasteiger partial charge in [-0.25, -0.2) is 0 Å². The Morgan fingerprint density at radius 2 is 1.95 bits per heavy atom. The van der Waals surface area contributed by atoms with Gasteiger partial charge in [-0.1, -0.05) is 19.1 Å². The van der Waals surface area contributed by atoms with Crippen molar-refractivity contribution in [2.24, 2.45) is 5.73 Å². The van der Waals surface area contributed by atoms with E-state index in [0.717, 1.165) is 25.9 Å². The predicted octanol–water partition coefficient (Wildman–Crippen LogP) is 2.89. The molecule has 0 amide bonds. The van der Waals surface area contributed by atoms with Crippen LogP contribution in [0.2, 0.25) is 0 Å². The third-order valence-corrected chi connectivity index (χ3v) is 4.04. The molecule has 0 bridgehead atoms. The zero-order chi connectivity index (χ0) is 14.7. The van der Waals surface area contributed by atoms with Gasteiger partial charge >= 0.3 is 0 Å². The van der Waals surface area contributed by atoms with Crippen molar-refractivity contribution in [1.29, 1.82) is 0 Å². The van der Waals surface area contributed by atoms with Gasteiger partial charge in [0.15, 0.2) is 0 Å². The maximum Gasteiger partial charge on any atom is 0.0726 e. The van der Waals surface area contributed by atoms with Crippen molar-refractivity contribution in [1.82, 2.24) is 0 Å². The lowest BCUT2D eigenvalue weighted by atomic mass is 10.0. The van der Waals surface area contributed by atoms with Crippen molar-refractivity contribution in [2.75, 3.05) is 18.0 Å². The highest BCUT2D eigenvalue weighted by Crippen LogP contribution is 2.25. The average Bonchev–Trinajstić information content (AvgIpc) is 2.37. The van der Waals surface area contributed by atoms with E-state index in [9.17, 15) is 0 Å². The highest BCUT2D eigenvalue weighted by molar-refractivity contribution is 5.55. The smallest absolute Gasteiger partial charge is 0.0726 e. The number of benzene rings is 1. The molecule has 1 aromatic carbocycles. The number of nitrogens with two attached hydrogens (primary N) is 1. The van der Waals surface area contributed by atoms with Crippen molar-refractivity contribution in [3.05, 3.63) is 29.3 Å². The molecule has 2 rings (SSSR count). The Hall–Kier alpha value is -1.06. The summed E-state index contributed by atoms with van der Waals surface area (Å²) >= 11 is 0. The van der Waals surface area contributed by atoms with Crippen LogP contribution in [0, 0.1) is 6.92 Å². The first-order chi connectivity index (χ1) is 9.49. The summed E-state index contributed by atoms with van der Waals surface area (Å²) < 4.78 is 5.81. The third-order valence-electron chi connectivity index (χ3n) is 4.04. The van der Waals surface area contributed by atoms with Gasteiger partial charge in [-0.3, -0.25) is 0 Å². The Balaban J connectivity index is 2.13. The van der Waals surface area contributed by atoms with Gasteiger partial charge in [-0.05, 0) is 50.8 Å². The van der Waals surface area contributed by atoms with Crippen LogP contribution in [0.3, 0.4) is 0 Å². The van der Waals surface area contributed by atoms with E-state index in [1.807, 2.05) is 0 Å². The maximum absolute atomic E-state index is 6.05. The van der Waals surface area contributed by atoms with Gasteiger partial charge in [-0.15, -0.1) is 0 Å². The molecule has 3 nitrogen and oxygen atoms in total. The first-order valence-electron chi connectivity index (χ1n) is 7.75. The fourth-order valence-corrected chi connectivity index (χ4v) is 3.02. The number of hydrogen-bond acceptors (Lipinski definition) is 3. The normalized spacial score (nSPS) is 24.8. The Kier molecular flexibility index (Phi) is 5.06. The molecule has 0 aromatic heterocycles. The maximum atomic E-state index is 6.05. The van der Waals surface area contributed by atoms with Crippen molar-refractivity contribution in [3.8, 4) is 0 Å². The van der Waals surface area contributed by atoms with Gasteiger partial charge in [0.25, 0.3) is 0 Å². The van der Waals surface area contributed by atoms with Crippen LogP contribution in [-0.4, -0.2) is 31.3 Å². The van der Waals surface area contributed by atoms with E-state index in [2.05, 4.69) is 50.8 Å². The summed E-state index contributed by atoms with van der Waals surface area (Å²) in [4.78, 5) is 2.44. The minimum atomic E-state index is 0.267. The van der Waals surface area contributed by atoms with Crippen LogP contribution in [0.4, 0.5) is 5.69 Å². The molecule has 3 atom stereocenters. The quantitative estimate of drug-likeness (QED) is 0.919. The average molecular weight is 276 g/mol. The molecule has 2 N–H and O–H groups in total. The van der Waals surface area contributed by atoms with E-state index in [1.54, 1.807) is 0 Å². The summed E-state index contributed by atoms with van der Waals surface area (Å²) in [5.74, 6) is 0. The summed E-state index contributed by atoms with van der Waals surface area (Å²) in [5.41, 5.74) is 10.1. The second kappa shape index (κ2) is 6.59. The molecule has 0 spiro atoms. The largest absolute Gasteiger partial charge is 0.372 e. The molecule has 20 heavy (non-hydrogen) atoms. The first kappa shape index (κ1) is 15.3. The van der Waals surface area contributed by atoms with Crippen molar-refractivity contribution >= 4 is 5.69 Å². The highest BCUT2D eigenvalue weighted by Gasteiger charge is 2.23. The summed E-state index contributed by atoms with van der Waals surface area (Å²) in [6.45, 7) is 10.6. The van der Waals surface area contributed by atoms with E-state index >= 15 is 0 Å². The molecular weight excluding hydrogens is 248 g/mol. The number of ether oxygens (including phenoxy) is 1. The van der Waals surface area contributed by atoms with Crippen LogP contribution in [0.1, 0.15) is 38.3 Å². The lowest BCUT2D eigenvalue weighted by Gasteiger charge is -2.37. The van der Waals surface area contributed by atoms with Crippen molar-refractivity contribution in [3.63, 3.8) is 0 Å². The van der Waals surface area contributed by atoms with Crippen LogP contribution in [-0.2, 0) is 11.2 Å². The molecule has 1 aliphatic rings. The van der Waals surface area contributed by atoms with Crippen LogP contribution in [0.25, 0.3) is 0 Å². The number of morpholine rings is 1. The van der Waals surface area contributed by atoms with Crippen LogP contribution < -0.4 is 10.6 Å². The zero-order valence-electron chi connectivity index (χ0n) is 13.2.